The van der Waals surface area contributed by atoms with Crippen LogP contribution in [0.15, 0.2) is 66.2 Å². The van der Waals surface area contributed by atoms with Crippen molar-refractivity contribution in [1.29, 1.82) is 0 Å². The number of aliphatic imine (C=N–C) groups is 1. The number of hydrogen-bond donors (Lipinski definition) is 2. The van der Waals surface area contributed by atoms with Crippen molar-refractivity contribution in [3.63, 3.8) is 0 Å². The second kappa shape index (κ2) is 11.0. The maximum Gasteiger partial charge on any atom is 0.222 e. The van der Waals surface area contributed by atoms with E-state index in [0.29, 0.717) is 38.6 Å². The van der Waals surface area contributed by atoms with Crippen LogP contribution in [0.5, 0.6) is 5.75 Å². The molecule has 0 unspecified atom stereocenters. The molecule has 0 atom stereocenters. The molecule has 0 radical (unpaired) electrons. The van der Waals surface area contributed by atoms with Crippen LogP contribution in [0.4, 0.5) is 0 Å². The predicted octanol–water partition coefficient (Wildman–Crippen LogP) is 3.24. The Morgan fingerprint density at radius 2 is 1.97 bits per heavy atom. The molecular weight excluding hydrogens is 376 g/mol. The molecule has 6 heteroatoms. The molecule has 0 bridgehead atoms. The van der Waals surface area contributed by atoms with Gasteiger partial charge in [-0.2, -0.15) is 0 Å². The monoisotopic (exact) mass is 406 g/mol. The highest BCUT2D eigenvalue weighted by molar-refractivity contribution is 5.79. The number of carbonyl (C=O) groups is 1. The van der Waals surface area contributed by atoms with Gasteiger partial charge in [0, 0.05) is 45.2 Å². The predicted molar refractivity (Wildman–Crippen MR) is 120 cm³/mol. The standard InChI is InChI=1S/C24H30N4O2/c1-3-14-30-22-11-5-4-10-21(22)17-27-24(25-2)26-16-19-8-6-9-20(15-19)18-28-13-7-12-23(28)29/h3-6,8-11,15H,1,7,12-14,16-18H2,2H3,(H2,25,26,27). The Hall–Kier alpha value is -3.28. The molecule has 1 saturated heterocycles. The number of para-hydroxylation sites is 1. The van der Waals surface area contributed by atoms with Crippen molar-refractivity contribution in [3.8, 4) is 5.75 Å². The van der Waals surface area contributed by atoms with E-state index >= 15 is 0 Å². The van der Waals surface area contributed by atoms with Crippen LogP contribution < -0.4 is 15.4 Å². The van der Waals surface area contributed by atoms with Crippen LogP contribution in [0.3, 0.4) is 0 Å². The fourth-order valence-corrected chi connectivity index (χ4v) is 3.45. The van der Waals surface area contributed by atoms with E-state index in [9.17, 15) is 4.79 Å². The lowest BCUT2D eigenvalue weighted by Crippen LogP contribution is -2.36. The molecule has 1 aliphatic heterocycles. The molecule has 1 heterocycles. The van der Waals surface area contributed by atoms with Gasteiger partial charge in [0.15, 0.2) is 5.96 Å². The topological polar surface area (TPSA) is 66.0 Å². The van der Waals surface area contributed by atoms with E-state index in [4.69, 9.17) is 4.74 Å². The number of rotatable bonds is 9. The highest BCUT2D eigenvalue weighted by atomic mass is 16.5. The maximum absolute atomic E-state index is 11.9. The van der Waals surface area contributed by atoms with Gasteiger partial charge < -0.3 is 20.3 Å². The van der Waals surface area contributed by atoms with Gasteiger partial charge in [-0.25, -0.2) is 0 Å². The van der Waals surface area contributed by atoms with Gasteiger partial charge in [0.1, 0.15) is 12.4 Å². The third-order valence-electron chi connectivity index (χ3n) is 5.00. The number of likely N-dealkylation sites (tertiary alicyclic amines) is 1. The largest absolute Gasteiger partial charge is 0.489 e. The zero-order valence-corrected chi connectivity index (χ0v) is 17.6. The van der Waals surface area contributed by atoms with Crippen molar-refractivity contribution in [1.82, 2.24) is 15.5 Å². The lowest BCUT2D eigenvalue weighted by atomic mass is 10.1. The van der Waals surface area contributed by atoms with Crippen LogP contribution in [-0.4, -0.2) is 37.0 Å². The number of nitrogens with zero attached hydrogens (tertiary/aromatic N) is 2. The number of ether oxygens (including phenoxy) is 1. The summed E-state index contributed by atoms with van der Waals surface area (Å²) < 4.78 is 5.71. The first-order valence-electron chi connectivity index (χ1n) is 10.3. The minimum Gasteiger partial charge on any atom is -0.489 e. The molecule has 3 rings (SSSR count). The van der Waals surface area contributed by atoms with Crippen LogP contribution in [0.2, 0.25) is 0 Å². The summed E-state index contributed by atoms with van der Waals surface area (Å²) in [6, 6.07) is 16.3. The van der Waals surface area contributed by atoms with E-state index < -0.39 is 0 Å². The lowest BCUT2D eigenvalue weighted by Gasteiger charge is -2.17. The highest BCUT2D eigenvalue weighted by Crippen LogP contribution is 2.18. The molecule has 2 N–H and O–H groups in total. The summed E-state index contributed by atoms with van der Waals surface area (Å²) in [5, 5.41) is 6.68. The Morgan fingerprint density at radius 1 is 1.17 bits per heavy atom. The minimum absolute atomic E-state index is 0.250. The van der Waals surface area contributed by atoms with Crippen molar-refractivity contribution in [2.75, 3.05) is 20.2 Å². The number of carbonyl (C=O) groups excluding carboxylic acids is 1. The number of amides is 1. The first-order valence-corrected chi connectivity index (χ1v) is 10.3. The third kappa shape index (κ3) is 6.11. The van der Waals surface area contributed by atoms with Gasteiger partial charge in [-0.1, -0.05) is 55.1 Å². The summed E-state index contributed by atoms with van der Waals surface area (Å²) in [7, 11) is 1.75. The van der Waals surface area contributed by atoms with Gasteiger partial charge in [-0.05, 0) is 23.6 Å². The van der Waals surface area contributed by atoms with Crippen molar-refractivity contribution >= 4 is 11.9 Å². The SMILES string of the molecule is C=CCOc1ccccc1CNC(=NC)NCc1cccc(CN2CCCC2=O)c1. The molecule has 0 saturated carbocycles. The average molecular weight is 407 g/mol. The first kappa shape index (κ1) is 21.4. The van der Waals surface area contributed by atoms with E-state index in [2.05, 4.69) is 40.4 Å². The van der Waals surface area contributed by atoms with Gasteiger partial charge in [0.2, 0.25) is 5.91 Å². The molecule has 6 nitrogen and oxygen atoms in total. The summed E-state index contributed by atoms with van der Waals surface area (Å²) in [6.45, 7) is 6.96. The van der Waals surface area contributed by atoms with Crippen molar-refractivity contribution < 1.29 is 9.53 Å². The van der Waals surface area contributed by atoms with Crippen molar-refractivity contribution in [2.45, 2.75) is 32.5 Å². The number of hydrogen-bond acceptors (Lipinski definition) is 3. The fourth-order valence-electron chi connectivity index (χ4n) is 3.45. The van der Waals surface area contributed by atoms with Crippen LogP contribution in [0.25, 0.3) is 0 Å². The Morgan fingerprint density at radius 3 is 2.73 bits per heavy atom. The Kier molecular flexibility index (Phi) is 7.89. The van der Waals surface area contributed by atoms with Crippen molar-refractivity contribution in [2.24, 2.45) is 4.99 Å². The van der Waals surface area contributed by atoms with E-state index in [1.165, 1.54) is 0 Å². The van der Waals surface area contributed by atoms with Crippen LogP contribution in [0, 0.1) is 0 Å². The summed E-state index contributed by atoms with van der Waals surface area (Å²) in [5.74, 6) is 1.80. The molecule has 2 aromatic rings. The van der Waals surface area contributed by atoms with Crippen LogP contribution in [-0.2, 0) is 24.4 Å². The molecule has 1 fully saturated rings. The van der Waals surface area contributed by atoms with Gasteiger partial charge in [0.25, 0.3) is 0 Å². The lowest BCUT2D eigenvalue weighted by molar-refractivity contribution is -0.128. The second-order valence-corrected chi connectivity index (χ2v) is 7.23. The van der Waals surface area contributed by atoms with E-state index in [1.54, 1.807) is 13.1 Å². The zero-order valence-electron chi connectivity index (χ0n) is 17.6. The van der Waals surface area contributed by atoms with E-state index in [-0.39, 0.29) is 5.91 Å². The smallest absolute Gasteiger partial charge is 0.222 e. The molecule has 2 aromatic carbocycles. The zero-order chi connectivity index (χ0) is 21.2. The molecule has 0 spiro atoms. The van der Waals surface area contributed by atoms with Gasteiger partial charge in [-0.15, -0.1) is 0 Å². The van der Waals surface area contributed by atoms with E-state index in [0.717, 1.165) is 35.4 Å². The molecule has 30 heavy (non-hydrogen) atoms. The van der Waals surface area contributed by atoms with Gasteiger partial charge >= 0.3 is 0 Å². The summed E-state index contributed by atoms with van der Waals surface area (Å²) in [4.78, 5) is 18.1. The minimum atomic E-state index is 0.250. The molecule has 0 aliphatic carbocycles. The van der Waals surface area contributed by atoms with E-state index in [1.807, 2.05) is 35.2 Å². The quantitative estimate of drug-likeness (QED) is 0.381. The Balaban J connectivity index is 1.53. The summed E-state index contributed by atoms with van der Waals surface area (Å²) >= 11 is 0. The highest BCUT2D eigenvalue weighted by Gasteiger charge is 2.19. The Labute approximate surface area is 178 Å². The summed E-state index contributed by atoms with van der Waals surface area (Å²) in [6.07, 6.45) is 3.37. The normalized spacial score (nSPS) is 14.0. The van der Waals surface area contributed by atoms with Crippen molar-refractivity contribution in [3.05, 3.63) is 77.9 Å². The fraction of sp³-hybridized carbons (Fsp3) is 0.333. The number of benzene rings is 2. The average Bonchev–Trinajstić information content (AvgIpc) is 3.17. The van der Waals surface area contributed by atoms with Gasteiger partial charge in [0.05, 0.1) is 0 Å². The first-order chi connectivity index (χ1) is 14.7. The molecule has 158 valence electrons. The number of guanidine groups is 1. The third-order valence-corrected chi connectivity index (χ3v) is 5.00. The van der Waals surface area contributed by atoms with Gasteiger partial charge in [-0.3, -0.25) is 9.79 Å². The van der Waals surface area contributed by atoms with Crippen LogP contribution >= 0.6 is 0 Å². The molecule has 0 aromatic heterocycles. The molecule has 1 aliphatic rings. The van der Waals surface area contributed by atoms with Crippen LogP contribution in [0.1, 0.15) is 29.5 Å². The maximum atomic E-state index is 11.9. The molecule has 1 amide bonds. The molecular formula is C24H30N4O2. The number of nitrogens with one attached hydrogen (secondary N) is 2. The second-order valence-electron chi connectivity index (χ2n) is 7.23. The Bertz CT molecular complexity index is 894. The summed E-state index contributed by atoms with van der Waals surface area (Å²) in [5.41, 5.74) is 3.36.